The van der Waals surface area contributed by atoms with Crippen LogP contribution in [0.25, 0.3) is 0 Å². The molecule has 0 unspecified atom stereocenters. The van der Waals surface area contributed by atoms with E-state index in [2.05, 4.69) is 24.3 Å². The molecule has 0 aromatic heterocycles. The highest BCUT2D eigenvalue weighted by molar-refractivity contribution is 5.81. The van der Waals surface area contributed by atoms with Crippen LogP contribution in [-0.2, 0) is 11.3 Å². The van der Waals surface area contributed by atoms with E-state index in [4.69, 9.17) is 9.47 Å². The average molecular weight is 400 g/mol. The fourth-order valence-corrected chi connectivity index (χ4v) is 4.13. The predicted octanol–water partition coefficient (Wildman–Crippen LogP) is -0.183. The summed E-state index contributed by atoms with van der Waals surface area (Å²) in [4.78, 5) is 17.5. The average Bonchev–Trinajstić information content (AvgIpc) is 2.75. The first-order chi connectivity index (χ1) is 14.0. The summed E-state index contributed by atoms with van der Waals surface area (Å²) in [5.41, 5.74) is 2.34. The number of amides is 1. The van der Waals surface area contributed by atoms with Gasteiger partial charge in [-0.2, -0.15) is 0 Å². The predicted molar refractivity (Wildman–Crippen MR) is 113 cm³/mol. The van der Waals surface area contributed by atoms with Crippen molar-refractivity contribution in [2.45, 2.75) is 12.6 Å². The van der Waals surface area contributed by atoms with Gasteiger partial charge in [0.2, 0.25) is 0 Å². The summed E-state index contributed by atoms with van der Waals surface area (Å²) in [5.74, 6) is 1.71. The first-order valence-electron chi connectivity index (χ1n) is 10.2. The Morgan fingerprint density at radius 2 is 1.62 bits per heavy atom. The highest BCUT2D eigenvalue weighted by atomic mass is 16.5. The molecule has 6 heteroatoms. The first-order valence-corrected chi connectivity index (χ1v) is 10.2. The van der Waals surface area contributed by atoms with Crippen LogP contribution < -0.4 is 19.3 Å². The first kappa shape index (κ1) is 21.1. The lowest BCUT2D eigenvalue weighted by Gasteiger charge is -2.35. The fourth-order valence-electron chi connectivity index (χ4n) is 4.13. The Balaban J connectivity index is 1.66. The number of rotatable bonds is 7. The van der Waals surface area contributed by atoms with Crippen molar-refractivity contribution in [1.29, 1.82) is 0 Å². The summed E-state index contributed by atoms with van der Waals surface area (Å²) in [6, 6.07) is 16.2. The van der Waals surface area contributed by atoms with Crippen LogP contribution in [0.15, 0.2) is 48.5 Å². The fraction of sp³-hybridized carbons (Fsp3) is 0.435. The van der Waals surface area contributed by atoms with Crippen molar-refractivity contribution in [3.05, 3.63) is 59.7 Å². The van der Waals surface area contributed by atoms with Gasteiger partial charge in [-0.25, -0.2) is 0 Å². The van der Waals surface area contributed by atoms with Gasteiger partial charge in [0.05, 0.1) is 14.2 Å². The highest BCUT2D eigenvalue weighted by Gasteiger charge is 2.36. The molecular formula is C23H33N3O3+2. The zero-order valence-corrected chi connectivity index (χ0v) is 17.9. The van der Waals surface area contributed by atoms with Gasteiger partial charge in [-0.1, -0.05) is 30.3 Å². The number of carbonyl (C=O) groups is 1. The molecule has 0 bridgehead atoms. The molecule has 1 fully saturated rings. The maximum atomic E-state index is 12.9. The Morgan fingerprint density at radius 1 is 0.966 bits per heavy atom. The third-order valence-corrected chi connectivity index (χ3v) is 5.73. The second kappa shape index (κ2) is 9.76. The van der Waals surface area contributed by atoms with Crippen LogP contribution in [0.1, 0.15) is 17.2 Å². The summed E-state index contributed by atoms with van der Waals surface area (Å²) >= 11 is 0. The van der Waals surface area contributed by atoms with E-state index in [1.165, 1.54) is 15.4 Å². The Kier molecular flexibility index (Phi) is 7.12. The van der Waals surface area contributed by atoms with Crippen LogP contribution in [0, 0.1) is 0 Å². The number of nitrogens with zero attached hydrogens (tertiary/aromatic N) is 1. The minimum absolute atomic E-state index is 0.131. The molecule has 3 rings (SSSR count). The molecule has 1 saturated heterocycles. The molecule has 1 amide bonds. The van der Waals surface area contributed by atoms with Gasteiger partial charge in [0.25, 0.3) is 5.91 Å². The van der Waals surface area contributed by atoms with Crippen molar-refractivity contribution in [3.63, 3.8) is 0 Å². The van der Waals surface area contributed by atoms with Crippen molar-refractivity contribution >= 4 is 5.91 Å². The highest BCUT2D eigenvalue weighted by Crippen LogP contribution is 2.27. The summed E-state index contributed by atoms with van der Waals surface area (Å²) in [7, 11) is 7.01. The Hall–Kier alpha value is -2.57. The summed E-state index contributed by atoms with van der Waals surface area (Å²) in [6.45, 7) is 4.97. The molecule has 2 N–H and O–H groups in total. The molecule has 2 aromatic rings. The van der Waals surface area contributed by atoms with Gasteiger partial charge in [0.15, 0.2) is 17.5 Å². The minimum Gasteiger partial charge on any atom is -0.493 e. The third-order valence-electron chi connectivity index (χ3n) is 5.73. The van der Waals surface area contributed by atoms with Crippen LogP contribution >= 0.6 is 0 Å². The van der Waals surface area contributed by atoms with Gasteiger partial charge in [-0.15, -0.1) is 0 Å². The number of piperazine rings is 1. The van der Waals surface area contributed by atoms with Gasteiger partial charge >= 0.3 is 0 Å². The Labute approximate surface area is 173 Å². The number of hydrogen-bond donors (Lipinski definition) is 2. The molecule has 1 aliphatic rings. The van der Waals surface area contributed by atoms with E-state index in [0.29, 0.717) is 0 Å². The molecule has 0 radical (unpaired) electrons. The van der Waals surface area contributed by atoms with Crippen molar-refractivity contribution in [3.8, 4) is 11.5 Å². The van der Waals surface area contributed by atoms with Crippen LogP contribution in [0.2, 0.25) is 0 Å². The number of hydrogen-bond acceptors (Lipinski definition) is 3. The number of benzene rings is 2. The molecule has 0 aliphatic carbocycles. The number of methoxy groups -OCH3 is 2. The lowest BCUT2D eigenvalue weighted by molar-refractivity contribution is -1.03. The number of nitrogens with one attached hydrogen (secondary N) is 2. The number of ether oxygens (including phenoxy) is 2. The van der Waals surface area contributed by atoms with Gasteiger partial charge < -0.3 is 24.2 Å². The third kappa shape index (κ3) is 5.08. The van der Waals surface area contributed by atoms with Crippen molar-refractivity contribution in [2.75, 3.05) is 54.5 Å². The molecule has 29 heavy (non-hydrogen) atoms. The van der Waals surface area contributed by atoms with Gasteiger partial charge in [0.1, 0.15) is 32.7 Å². The SMILES string of the molecule is COc1ccc(C[NH+]2CC[NH+]([C@@H](C(=O)N(C)C)c3ccccc3)CC2)cc1OC. The van der Waals surface area contributed by atoms with Crippen LogP contribution in [0.4, 0.5) is 0 Å². The van der Waals surface area contributed by atoms with Crippen LogP contribution in [0.3, 0.4) is 0 Å². The number of carbonyl (C=O) groups excluding carboxylic acids is 1. The molecule has 2 aromatic carbocycles. The number of likely N-dealkylation sites (N-methyl/N-ethyl adjacent to an activating group) is 1. The van der Waals surface area contributed by atoms with Gasteiger partial charge in [-0.05, 0) is 18.2 Å². The molecule has 1 heterocycles. The second-order valence-electron chi connectivity index (χ2n) is 7.85. The number of quaternary nitrogens is 2. The van der Waals surface area contributed by atoms with E-state index in [9.17, 15) is 4.79 Å². The lowest BCUT2D eigenvalue weighted by atomic mass is 10.0. The topological polar surface area (TPSA) is 47.7 Å². The summed E-state index contributed by atoms with van der Waals surface area (Å²) < 4.78 is 10.8. The molecule has 6 nitrogen and oxygen atoms in total. The zero-order valence-electron chi connectivity index (χ0n) is 17.9. The van der Waals surface area contributed by atoms with Gasteiger partial charge in [0, 0.05) is 25.2 Å². The quantitative estimate of drug-likeness (QED) is 0.679. The second-order valence-corrected chi connectivity index (χ2v) is 7.85. The monoisotopic (exact) mass is 399 g/mol. The zero-order chi connectivity index (χ0) is 20.8. The Bertz CT molecular complexity index is 802. The largest absolute Gasteiger partial charge is 0.493 e. The molecular weight excluding hydrogens is 366 g/mol. The van der Waals surface area contributed by atoms with E-state index in [0.717, 1.165) is 49.8 Å². The minimum atomic E-state index is -0.131. The van der Waals surface area contributed by atoms with Crippen molar-refractivity contribution in [1.82, 2.24) is 4.90 Å². The van der Waals surface area contributed by atoms with Gasteiger partial charge in [-0.3, -0.25) is 4.79 Å². The van der Waals surface area contributed by atoms with E-state index in [1.807, 2.05) is 38.4 Å². The molecule has 1 atom stereocenters. The van der Waals surface area contributed by atoms with Crippen molar-refractivity contribution < 1.29 is 24.1 Å². The molecule has 0 spiro atoms. The van der Waals surface area contributed by atoms with E-state index >= 15 is 0 Å². The molecule has 1 aliphatic heterocycles. The standard InChI is InChI=1S/C23H31N3O3/c1-24(2)23(27)22(19-8-6-5-7-9-19)26-14-12-25(13-15-26)17-18-10-11-20(28-3)21(16-18)29-4/h5-11,16,22H,12-15,17H2,1-4H3/p+2/t22-/m1/s1. The smallest absolute Gasteiger partial charge is 0.285 e. The van der Waals surface area contributed by atoms with Crippen LogP contribution in [-0.4, -0.2) is 65.3 Å². The van der Waals surface area contributed by atoms with Crippen LogP contribution in [0.5, 0.6) is 11.5 Å². The molecule has 0 saturated carbocycles. The Morgan fingerprint density at radius 3 is 2.21 bits per heavy atom. The van der Waals surface area contributed by atoms with E-state index in [1.54, 1.807) is 19.1 Å². The lowest BCUT2D eigenvalue weighted by Crippen LogP contribution is -3.28. The van der Waals surface area contributed by atoms with Crippen molar-refractivity contribution in [2.24, 2.45) is 0 Å². The summed E-state index contributed by atoms with van der Waals surface area (Å²) in [6.07, 6.45) is 0. The maximum Gasteiger partial charge on any atom is 0.285 e. The summed E-state index contributed by atoms with van der Waals surface area (Å²) in [5, 5.41) is 0. The van der Waals surface area contributed by atoms with E-state index in [-0.39, 0.29) is 11.9 Å². The maximum absolute atomic E-state index is 12.9. The normalized spacial score (nSPS) is 20.0. The van der Waals surface area contributed by atoms with E-state index < -0.39 is 0 Å². The molecule has 156 valence electrons.